The van der Waals surface area contributed by atoms with Crippen molar-refractivity contribution in [2.45, 2.75) is 13.0 Å². The van der Waals surface area contributed by atoms with Gasteiger partial charge in [-0.2, -0.15) is 0 Å². The van der Waals surface area contributed by atoms with E-state index >= 15 is 0 Å². The lowest BCUT2D eigenvalue weighted by atomic mass is 10.0. The number of H-pyrrole nitrogens is 1. The molecule has 0 bridgehead atoms. The van der Waals surface area contributed by atoms with Gasteiger partial charge in [-0.1, -0.05) is 72.8 Å². The number of furan rings is 1. The molecule has 0 saturated heterocycles. The van der Waals surface area contributed by atoms with Gasteiger partial charge in [0.05, 0.1) is 6.54 Å². The summed E-state index contributed by atoms with van der Waals surface area (Å²) in [5, 5.41) is 1.26. The Kier molecular flexibility index (Phi) is 4.43. The lowest BCUT2D eigenvalue weighted by Crippen LogP contribution is -2.35. The summed E-state index contributed by atoms with van der Waals surface area (Å²) in [6.45, 7) is 1.26. The highest BCUT2D eigenvalue weighted by Gasteiger charge is 2.26. The van der Waals surface area contributed by atoms with E-state index in [2.05, 4.69) is 47.4 Å². The van der Waals surface area contributed by atoms with E-state index in [1.54, 1.807) is 6.07 Å². The Hall–Kier alpha value is -4.05. The Bertz CT molecular complexity index is 1410. The summed E-state index contributed by atoms with van der Waals surface area (Å²) < 4.78 is 5.98. The number of carbonyl (C=O) groups excluding carboxylic acids is 1. The second-order valence-electron chi connectivity index (χ2n) is 8.21. The molecule has 0 unspecified atom stereocenters. The number of hydrogen-bond acceptors (Lipinski definition) is 2. The molecule has 3 heterocycles. The number of carbonyl (C=O) groups is 1. The Labute approximate surface area is 186 Å². The van der Waals surface area contributed by atoms with Crippen molar-refractivity contribution in [2.24, 2.45) is 0 Å². The average Bonchev–Trinajstić information content (AvgIpc) is 3.49. The van der Waals surface area contributed by atoms with E-state index in [9.17, 15) is 4.79 Å². The van der Waals surface area contributed by atoms with Gasteiger partial charge >= 0.3 is 0 Å². The number of aromatic nitrogens is 1. The first-order valence-corrected chi connectivity index (χ1v) is 10.9. The van der Waals surface area contributed by atoms with E-state index in [0.717, 1.165) is 28.8 Å². The minimum Gasteiger partial charge on any atom is -0.451 e. The van der Waals surface area contributed by atoms with Crippen molar-refractivity contribution >= 4 is 16.8 Å². The van der Waals surface area contributed by atoms with Gasteiger partial charge in [-0.05, 0) is 41.3 Å². The van der Waals surface area contributed by atoms with Crippen molar-refractivity contribution in [2.75, 3.05) is 6.54 Å². The number of nitrogens with zero attached hydrogens (tertiary/aromatic N) is 1. The van der Waals surface area contributed by atoms with Gasteiger partial charge in [0.15, 0.2) is 5.76 Å². The highest BCUT2D eigenvalue weighted by atomic mass is 16.4. The molecule has 4 heteroatoms. The van der Waals surface area contributed by atoms with E-state index in [1.165, 1.54) is 16.5 Å². The summed E-state index contributed by atoms with van der Waals surface area (Å²) in [5.41, 5.74) is 6.86. The molecule has 1 amide bonds. The van der Waals surface area contributed by atoms with Crippen molar-refractivity contribution in [3.05, 3.63) is 108 Å². The first kappa shape index (κ1) is 18.7. The van der Waals surface area contributed by atoms with E-state index in [0.29, 0.717) is 24.6 Å². The number of rotatable bonds is 3. The largest absolute Gasteiger partial charge is 0.451 e. The van der Waals surface area contributed by atoms with Crippen molar-refractivity contribution in [3.8, 4) is 22.5 Å². The van der Waals surface area contributed by atoms with Crippen LogP contribution in [0, 0.1) is 0 Å². The minimum atomic E-state index is -0.0681. The Balaban J connectivity index is 1.21. The monoisotopic (exact) mass is 418 g/mol. The Morgan fingerprint density at radius 1 is 0.781 bits per heavy atom. The van der Waals surface area contributed by atoms with E-state index in [4.69, 9.17) is 4.42 Å². The molecule has 32 heavy (non-hydrogen) atoms. The van der Waals surface area contributed by atoms with Crippen LogP contribution in [0.3, 0.4) is 0 Å². The molecule has 0 aliphatic carbocycles. The van der Waals surface area contributed by atoms with Crippen LogP contribution in [0.4, 0.5) is 0 Å². The zero-order chi connectivity index (χ0) is 21.5. The number of aromatic amines is 1. The highest BCUT2D eigenvalue weighted by Crippen LogP contribution is 2.30. The summed E-state index contributed by atoms with van der Waals surface area (Å²) >= 11 is 0. The van der Waals surface area contributed by atoms with Gasteiger partial charge in [0, 0.05) is 28.7 Å². The molecule has 0 saturated carbocycles. The average molecular weight is 418 g/mol. The van der Waals surface area contributed by atoms with Crippen molar-refractivity contribution in [1.29, 1.82) is 0 Å². The SMILES string of the molecule is O=C(c1ccc(-c2ccc(-c3ccccc3)cc2)o1)N1CCc2c([nH]c3ccccc23)C1. The Morgan fingerprint density at radius 3 is 2.34 bits per heavy atom. The summed E-state index contributed by atoms with van der Waals surface area (Å²) in [5.74, 6) is 1.02. The number of nitrogens with one attached hydrogen (secondary N) is 1. The fourth-order valence-corrected chi connectivity index (χ4v) is 4.59. The second-order valence-corrected chi connectivity index (χ2v) is 8.21. The first-order chi connectivity index (χ1) is 15.8. The fourth-order valence-electron chi connectivity index (χ4n) is 4.59. The lowest BCUT2D eigenvalue weighted by molar-refractivity contribution is 0.0701. The highest BCUT2D eigenvalue weighted by molar-refractivity contribution is 5.93. The van der Waals surface area contributed by atoms with E-state index in [-0.39, 0.29) is 5.91 Å². The third kappa shape index (κ3) is 3.21. The van der Waals surface area contributed by atoms with Crippen LogP contribution in [-0.2, 0) is 13.0 Å². The van der Waals surface area contributed by atoms with Crippen molar-refractivity contribution < 1.29 is 9.21 Å². The van der Waals surface area contributed by atoms with E-state index < -0.39 is 0 Å². The minimum absolute atomic E-state index is 0.0681. The normalized spacial score (nSPS) is 13.3. The molecule has 4 nitrogen and oxygen atoms in total. The molecule has 0 spiro atoms. The van der Waals surface area contributed by atoms with Crippen LogP contribution in [0.2, 0.25) is 0 Å². The molecule has 0 fully saturated rings. The quantitative estimate of drug-likeness (QED) is 0.374. The molecular weight excluding hydrogens is 396 g/mol. The lowest BCUT2D eigenvalue weighted by Gasteiger charge is -2.26. The number of para-hydroxylation sites is 1. The van der Waals surface area contributed by atoms with Crippen molar-refractivity contribution in [1.82, 2.24) is 9.88 Å². The van der Waals surface area contributed by atoms with Crippen LogP contribution < -0.4 is 0 Å². The number of hydrogen-bond donors (Lipinski definition) is 1. The molecule has 0 radical (unpaired) electrons. The Morgan fingerprint density at radius 2 is 1.50 bits per heavy atom. The number of benzene rings is 3. The van der Waals surface area contributed by atoms with Gasteiger partial charge in [-0.25, -0.2) is 0 Å². The molecule has 1 aliphatic rings. The van der Waals surface area contributed by atoms with Gasteiger partial charge < -0.3 is 14.3 Å². The smallest absolute Gasteiger partial charge is 0.289 e. The van der Waals surface area contributed by atoms with Gasteiger partial charge in [0.2, 0.25) is 0 Å². The van der Waals surface area contributed by atoms with Crippen LogP contribution in [0.5, 0.6) is 0 Å². The van der Waals surface area contributed by atoms with Crippen LogP contribution in [0.1, 0.15) is 21.8 Å². The molecule has 156 valence electrons. The summed E-state index contributed by atoms with van der Waals surface area (Å²) in [6, 6.07) is 30.5. The number of fused-ring (bicyclic) bond motifs is 3. The molecule has 1 N–H and O–H groups in total. The van der Waals surface area contributed by atoms with Gasteiger partial charge in [-0.3, -0.25) is 4.79 Å². The standard InChI is InChI=1S/C28H22N2O2/c31-28(30-17-16-23-22-8-4-5-9-24(22)29-25(23)18-30)27-15-14-26(32-27)21-12-10-20(11-13-21)19-6-2-1-3-7-19/h1-15,29H,16-18H2. The van der Waals surface area contributed by atoms with Gasteiger partial charge in [0.1, 0.15) is 5.76 Å². The third-order valence-corrected chi connectivity index (χ3v) is 6.26. The molecule has 3 aromatic carbocycles. The predicted octanol–water partition coefficient (Wildman–Crippen LogP) is 6.29. The zero-order valence-corrected chi connectivity index (χ0v) is 17.5. The van der Waals surface area contributed by atoms with Crippen molar-refractivity contribution in [3.63, 3.8) is 0 Å². The molecule has 1 aliphatic heterocycles. The molecule has 2 aromatic heterocycles. The van der Waals surface area contributed by atoms with Crippen LogP contribution in [-0.4, -0.2) is 22.3 Å². The molecule has 5 aromatic rings. The maximum Gasteiger partial charge on any atom is 0.289 e. The zero-order valence-electron chi connectivity index (χ0n) is 17.5. The van der Waals surface area contributed by atoms with Crippen LogP contribution in [0.25, 0.3) is 33.4 Å². The maximum absolute atomic E-state index is 13.1. The second kappa shape index (κ2) is 7.57. The maximum atomic E-state index is 13.1. The molecular formula is C28H22N2O2. The third-order valence-electron chi connectivity index (χ3n) is 6.26. The number of amides is 1. The van der Waals surface area contributed by atoms with Crippen LogP contribution >= 0.6 is 0 Å². The topological polar surface area (TPSA) is 49.2 Å². The van der Waals surface area contributed by atoms with Gasteiger partial charge in [0.25, 0.3) is 5.91 Å². The predicted molar refractivity (Wildman–Crippen MR) is 126 cm³/mol. The fraction of sp³-hybridized carbons (Fsp3) is 0.107. The molecule has 0 atom stereocenters. The van der Waals surface area contributed by atoms with E-state index in [1.807, 2.05) is 47.4 Å². The summed E-state index contributed by atoms with van der Waals surface area (Å²) in [4.78, 5) is 18.5. The molecule has 6 rings (SSSR count). The summed E-state index contributed by atoms with van der Waals surface area (Å²) in [7, 11) is 0. The van der Waals surface area contributed by atoms with Crippen LogP contribution in [0.15, 0.2) is 95.4 Å². The van der Waals surface area contributed by atoms with Gasteiger partial charge in [-0.15, -0.1) is 0 Å². The first-order valence-electron chi connectivity index (χ1n) is 10.9. The summed E-state index contributed by atoms with van der Waals surface area (Å²) in [6.07, 6.45) is 0.847.